The van der Waals surface area contributed by atoms with Gasteiger partial charge < -0.3 is 15.4 Å². The molecule has 0 amide bonds. The van der Waals surface area contributed by atoms with Gasteiger partial charge in [-0.2, -0.15) is 11.8 Å². The maximum absolute atomic E-state index is 5.81. The number of hydrogen-bond donors (Lipinski definition) is 1. The lowest BCUT2D eigenvalue weighted by atomic mass is 10.2. The minimum absolute atomic E-state index is 0.692. The Bertz CT molecular complexity index is 370. The maximum Gasteiger partial charge on any atom is 0.143 e. The highest BCUT2D eigenvalue weighted by Crippen LogP contribution is 2.30. The summed E-state index contributed by atoms with van der Waals surface area (Å²) in [6, 6.07) is 6.01. The van der Waals surface area contributed by atoms with Gasteiger partial charge in [-0.05, 0) is 12.1 Å². The molecule has 1 aliphatic heterocycles. The van der Waals surface area contributed by atoms with E-state index < -0.39 is 0 Å². The summed E-state index contributed by atoms with van der Waals surface area (Å²) in [6.45, 7) is 4.46. The first-order valence-electron chi connectivity index (χ1n) is 5.51. The lowest BCUT2D eigenvalue weighted by Gasteiger charge is -2.32. The number of benzene rings is 1. The molecule has 16 heavy (non-hydrogen) atoms. The number of ether oxygens (including phenoxy) is 1. The molecule has 1 atom stereocenters. The minimum Gasteiger partial charge on any atom is -0.495 e. The van der Waals surface area contributed by atoms with Gasteiger partial charge in [0, 0.05) is 35.8 Å². The molecule has 2 rings (SSSR count). The molecule has 1 aliphatic rings. The van der Waals surface area contributed by atoms with E-state index in [0.29, 0.717) is 10.9 Å². The van der Waals surface area contributed by atoms with Gasteiger partial charge in [0.2, 0.25) is 0 Å². The van der Waals surface area contributed by atoms with Crippen molar-refractivity contribution in [2.24, 2.45) is 0 Å². The van der Waals surface area contributed by atoms with Gasteiger partial charge in [0.15, 0.2) is 0 Å². The maximum atomic E-state index is 5.81. The van der Waals surface area contributed by atoms with Crippen molar-refractivity contribution in [2.45, 2.75) is 12.2 Å². The molecule has 0 spiro atoms. The number of anilines is 2. The molecule has 1 aromatic carbocycles. The molecule has 1 unspecified atom stereocenters. The molecule has 1 fully saturated rings. The molecule has 2 N–H and O–H groups in total. The Balaban J connectivity index is 2.19. The second kappa shape index (κ2) is 4.87. The van der Waals surface area contributed by atoms with Crippen LogP contribution >= 0.6 is 11.8 Å². The van der Waals surface area contributed by atoms with Crippen LogP contribution in [0.15, 0.2) is 18.2 Å². The largest absolute Gasteiger partial charge is 0.495 e. The first-order valence-corrected chi connectivity index (χ1v) is 6.55. The van der Waals surface area contributed by atoms with Crippen molar-refractivity contribution in [3.05, 3.63) is 18.2 Å². The molecule has 0 radical (unpaired) electrons. The fourth-order valence-electron chi connectivity index (χ4n) is 1.95. The van der Waals surface area contributed by atoms with Crippen LogP contribution in [-0.4, -0.2) is 31.2 Å². The third kappa shape index (κ3) is 2.38. The van der Waals surface area contributed by atoms with Crippen molar-refractivity contribution >= 4 is 23.1 Å². The Morgan fingerprint density at radius 3 is 3.00 bits per heavy atom. The highest BCUT2D eigenvalue weighted by molar-refractivity contribution is 8.00. The lowest BCUT2D eigenvalue weighted by Crippen LogP contribution is -2.36. The van der Waals surface area contributed by atoms with Gasteiger partial charge in [-0.25, -0.2) is 0 Å². The van der Waals surface area contributed by atoms with E-state index in [4.69, 9.17) is 10.5 Å². The van der Waals surface area contributed by atoms with Gasteiger partial charge in [-0.3, -0.25) is 0 Å². The quantitative estimate of drug-likeness (QED) is 0.802. The summed E-state index contributed by atoms with van der Waals surface area (Å²) in [4.78, 5) is 2.39. The number of methoxy groups -OCH3 is 1. The molecule has 1 saturated heterocycles. The molecular formula is C12H18N2OS. The van der Waals surface area contributed by atoms with Crippen molar-refractivity contribution in [3.8, 4) is 5.75 Å². The van der Waals surface area contributed by atoms with E-state index in [2.05, 4.69) is 17.9 Å². The van der Waals surface area contributed by atoms with E-state index in [0.717, 1.165) is 18.8 Å². The fourth-order valence-corrected chi connectivity index (χ4v) is 2.96. The zero-order valence-corrected chi connectivity index (χ0v) is 10.6. The number of thioether (sulfide) groups is 1. The second-order valence-electron chi connectivity index (χ2n) is 4.05. The molecule has 0 aromatic heterocycles. The second-order valence-corrected chi connectivity index (χ2v) is 5.60. The predicted octanol–water partition coefficient (Wildman–Crippen LogP) is 2.22. The van der Waals surface area contributed by atoms with Crippen molar-refractivity contribution in [1.29, 1.82) is 0 Å². The van der Waals surface area contributed by atoms with Crippen molar-refractivity contribution in [3.63, 3.8) is 0 Å². The smallest absolute Gasteiger partial charge is 0.143 e. The zero-order chi connectivity index (χ0) is 11.5. The standard InChI is InChI=1S/C12H18N2OS/c1-9-8-14(5-6-16-9)10-3-4-11(13)12(7-10)15-2/h3-4,7,9H,5-6,8,13H2,1-2H3. The average molecular weight is 238 g/mol. The topological polar surface area (TPSA) is 38.5 Å². The monoisotopic (exact) mass is 238 g/mol. The summed E-state index contributed by atoms with van der Waals surface area (Å²) in [7, 11) is 1.66. The van der Waals surface area contributed by atoms with Gasteiger partial charge in [-0.1, -0.05) is 6.92 Å². The Morgan fingerprint density at radius 2 is 2.31 bits per heavy atom. The SMILES string of the molecule is COc1cc(N2CCSC(C)C2)ccc1N. The van der Waals surface area contributed by atoms with Crippen LogP contribution in [0.5, 0.6) is 5.75 Å². The van der Waals surface area contributed by atoms with Crippen LogP contribution in [0.2, 0.25) is 0 Å². The fraction of sp³-hybridized carbons (Fsp3) is 0.500. The number of hydrogen-bond acceptors (Lipinski definition) is 4. The molecule has 0 aliphatic carbocycles. The van der Waals surface area contributed by atoms with Crippen LogP contribution in [-0.2, 0) is 0 Å². The van der Waals surface area contributed by atoms with Gasteiger partial charge in [0.1, 0.15) is 5.75 Å². The Hall–Kier alpha value is -1.03. The third-order valence-electron chi connectivity index (χ3n) is 2.82. The summed E-state index contributed by atoms with van der Waals surface area (Å²) in [5.74, 6) is 1.96. The summed E-state index contributed by atoms with van der Waals surface area (Å²) in [5, 5.41) is 0.692. The summed E-state index contributed by atoms with van der Waals surface area (Å²) in [5.41, 5.74) is 7.72. The van der Waals surface area contributed by atoms with Gasteiger partial charge in [0.25, 0.3) is 0 Å². The van der Waals surface area contributed by atoms with Gasteiger partial charge >= 0.3 is 0 Å². The van der Waals surface area contributed by atoms with Crippen LogP contribution in [0.1, 0.15) is 6.92 Å². The van der Waals surface area contributed by atoms with Crippen molar-refractivity contribution < 1.29 is 4.74 Å². The van der Waals surface area contributed by atoms with Crippen LogP contribution in [0, 0.1) is 0 Å². The Labute approximate surface area is 101 Å². The lowest BCUT2D eigenvalue weighted by molar-refractivity contribution is 0.417. The van der Waals surface area contributed by atoms with Crippen molar-refractivity contribution in [2.75, 3.05) is 36.6 Å². The molecular weight excluding hydrogens is 220 g/mol. The normalized spacial score (nSPS) is 20.9. The number of nitrogen functional groups attached to an aromatic ring is 1. The molecule has 0 saturated carbocycles. The molecule has 0 bridgehead atoms. The van der Waals surface area contributed by atoms with Crippen LogP contribution < -0.4 is 15.4 Å². The first kappa shape index (κ1) is 11.5. The van der Waals surface area contributed by atoms with Gasteiger partial charge in [0.05, 0.1) is 12.8 Å². The molecule has 88 valence electrons. The number of rotatable bonds is 2. The number of nitrogens with two attached hydrogens (primary N) is 1. The van der Waals surface area contributed by atoms with E-state index in [9.17, 15) is 0 Å². The summed E-state index contributed by atoms with van der Waals surface area (Å²) < 4.78 is 5.25. The average Bonchev–Trinajstić information content (AvgIpc) is 2.29. The van der Waals surface area contributed by atoms with E-state index >= 15 is 0 Å². The summed E-state index contributed by atoms with van der Waals surface area (Å²) >= 11 is 2.03. The van der Waals surface area contributed by atoms with E-state index in [1.54, 1.807) is 7.11 Å². The Kier molecular flexibility index (Phi) is 3.49. The first-order chi connectivity index (χ1) is 7.70. The Morgan fingerprint density at radius 1 is 1.50 bits per heavy atom. The zero-order valence-electron chi connectivity index (χ0n) is 9.77. The van der Waals surface area contributed by atoms with Crippen LogP contribution in [0.3, 0.4) is 0 Å². The highest BCUT2D eigenvalue weighted by atomic mass is 32.2. The summed E-state index contributed by atoms with van der Waals surface area (Å²) in [6.07, 6.45) is 0. The molecule has 3 nitrogen and oxygen atoms in total. The van der Waals surface area contributed by atoms with Crippen molar-refractivity contribution in [1.82, 2.24) is 0 Å². The minimum atomic E-state index is 0.692. The van der Waals surface area contributed by atoms with E-state index in [-0.39, 0.29) is 0 Å². The van der Waals surface area contributed by atoms with E-state index in [1.807, 2.05) is 23.9 Å². The third-order valence-corrected chi connectivity index (χ3v) is 3.96. The predicted molar refractivity (Wildman–Crippen MR) is 71.5 cm³/mol. The molecule has 1 heterocycles. The number of nitrogens with zero attached hydrogens (tertiary/aromatic N) is 1. The highest BCUT2D eigenvalue weighted by Gasteiger charge is 2.17. The van der Waals surface area contributed by atoms with E-state index in [1.165, 1.54) is 11.4 Å². The van der Waals surface area contributed by atoms with Gasteiger partial charge in [-0.15, -0.1) is 0 Å². The molecule has 1 aromatic rings. The van der Waals surface area contributed by atoms with Crippen LogP contribution in [0.25, 0.3) is 0 Å². The molecule has 4 heteroatoms. The van der Waals surface area contributed by atoms with Crippen LogP contribution in [0.4, 0.5) is 11.4 Å².